The van der Waals surface area contributed by atoms with E-state index in [1.807, 2.05) is 49.1 Å². The summed E-state index contributed by atoms with van der Waals surface area (Å²) in [5, 5.41) is 2.90. The number of nitrogens with one attached hydrogen (secondary N) is 1. The average molecular weight is 409 g/mol. The van der Waals surface area contributed by atoms with Crippen molar-refractivity contribution in [2.75, 3.05) is 19.0 Å². The van der Waals surface area contributed by atoms with Gasteiger partial charge in [-0.3, -0.25) is 9.69 Å². The maximum absolute atomic E-state index is 13.9. The summed E-state index contributed by atoms with van der Waals surface area (Å²) in [5.41, 5.74) is 1.54. The van der Waals surface area contributed by atoms with E-state index < -0.39 is 5.82 Å². The highest BCUT2D eigenvalue weighted by Gasteiger charge is 2.20. The largest absolute Gasteiger partial charge is 0.494 e. The van der Waals surface area contributed by atoms with Gasteiger partial charge in [0.05, 0.1) is 13.2 Å². The molecule has 0 bridgehead atoms. The number of amides is 1. The van der Waals surface area contributed by atoms with Crippen LogP contribution in [0, 0.1) is 5.82 Å². The van der Waals surface area contributed by atoms with Gasteiger partial charge in [-0.05, 0) is 55.4 Å². The third-order valence-electron chi connectivity index (χ3n) is 4.05. The Morgan fingerprint density at radius 3 is 2.52 bits per heavy atom. The van der Waals surface area contributed by atoms with Crippen LogP contribution >= 0.6 is 15.9 Å². The minimum Gasteiger partial charge on any atom is -0.494 e. The maximum Gasteiger partial charge on any atom is 0.241 e. The second kappa shape index (κ2) is 8.97. The summed E-state index contributed by atoms with van der Waals surface area (Å²) in [6.07, 6.45) is 0. The van der Waals surface area contributed by atoms with Gasteiger partial charge in [0.2, 0.25) is 5.91 Å². The standard InChI is InChI=1S/C19H22BrFN2O2/c1-4-23(12-14-5-10-18(25-3)17(21)11-14)13(2)19(24)22-16-8-6-15(20)7-9-16/h5-11,13H,4,12H2,1-3H3,(H,22,24)/t13-/m1/s1. The number of hydrogen-bond donors (Lipinski definition) is 1. The van der Waals surface area contributed by atoms with Crippen LogP contribution in [0.15, 0.2) is 46.9 Å². The molecule has 0 aliphatic heterocycles. The zero-order valence-corrected chi connectivity index (χ0v) is 16.1. The molecule has 0 saturated heterocycles. The number of benzene rings is 2. The number of nitrogens with zero attached hydrogens (tertiary/aromatic N) is 1. The molecule has 0 aromatic heterocycles. The molecule has 0 radical (unpaired) electrons. The van der Waals surface area contributed by atoms with Crippen LogP contribution in [-0.4, -0.2) is 30.5 Å². The molecule has 0 fully saturated rings. The summed E-state index contributed by atoms with van der Waals surface area (Å²) in [5.74, 6) is -0.283. The molecule has 2 aromatic rings. The Kier molecular flexibility index (Phi) is 6.96. The smallest absolute Gasteiger partial charge is 0.241 e. The molecule has 0 heterocycles. The van der Waals surface area contributed by atoms with E-state index in [2.05, 4.69) is 21.2 Å². The maximum atomic E-state index is 13.9. The van der Waals surface area contributed by atoms with Crippen LogP contribution in [0.2, 0.25) is 0 Å². The van der Waals surface area contributed by atoms with E-state index in [1.165, 1.54) is 13.2 Å². The molecule has 0 unspecified atom stereocenters. The molecule has 134 valence electrons. The molecule has 1 N–H and O–H groups in total. The van der Waals surface area contributed by atoms with Crippen LogP contribution in [-0.2, 0) is 11.3 Å². The molecule has 2 rings (SSSR count). The first kappa shape index (κ1) is 19.4. The van der Waals surface area contributed by atoms with Crippen molar-refractivity contribution >= 4 is 27.5 Å². The predicted molar refractivity (Wildman–Crippen MR) is 101 cm³/mol. The molecule has 0 aliphatic carbocycles. The van der Waals surface area contributed by atoms with E-state index >= 15 is 0 Å². The quantitative estimate of drug-likeness (QED) is 0.735. The van der Waals surface area contributed by atoms with E-state index in [-0.39, 0.29) is 17.7 Å². The fraction of sp³-hybridized carbons (Fsp3) is 0.316. The zero-order chi connectivity index (χ0) is 18.4. The monoisotopic (exact) mass is 408 g/mol. The van der Waals surface area contributed by atoms with Crippen LogP contribution < -0.4 is 10.1 Å². The molecule has 6 heteroatoms. The lowest BCUT2D eigenvalue weighted by Gasteiger charge is -2.27. The van der Waals surface area contributed by atoms with Crippen molar-refractivity contribution in [2.24, 2.45) is 0 Å². The Morgan fingerprint density at radius 1 is 1.28 bits per heavy atom. The van der Waals surface area contributed by atoms with Crippen LogP contribution in [0.25, 0.3) is 0 Å². The third kappa shape index (κ3) is 5.28. The van der Waals surface area contributed by atoms with Crippen molar-refractivity contribution in [1.29, 1.82) is 0 Å². The highest BCUT2D eigenvalue weighted by molar-refractivity contribution is 9.10. The van der Waals surface area contributed by atoms with E-state index in [0.717, 1.165) is 15.7 Å². The molecule has 0 saturated carbocycles. The molecular formula is C19H22BrFN2O2. The minimum absolute atomic E-state index is 0.0989. The SMILES string of the molecule is CCN(Cc1ccc(OC)c(F)c1)[C@H](C)C(=O)Nc1ccc(Br)cc1. The highest BCUT2D eigenvalue weighted by Crippen LogP contribution is 2.20. The number of hydrogen-bond acceptors (Lipinski definition) is 3. The summed E-state index contributed by atoms with van der Waals surface area (Å²) in [7, 11) is 1.44. The van der Waals surface area contributed by atoms with Gasteiger partial charge in [0.15, 0.2) is 11.6 Å². The van der Waals surface area contributed by atoms with Gasteiger partial charge in [-0.15, -0.1) is 0 Å². The second-order valence-corrected chi connectivity index (χ2v) is 6.62. The van der Waals surface area contributed by atoms with Gasteiger partial charge in [0, 0.05) is 16.7 Å². The lowest BCUT2D eigenvalue weighted by molar-refractivity contribution is -0.120. The van der Waals surface area contributed by atoms with Crippen molar-refractivity contribution < 1.29 is 13.9 Å². The Bertz CT molecular complexity index is 722. The molecule has 1 atom stereocenters. The highest BCUT2D eigenvalue weighted by atomic mass is 79.9. The summed E-state index contributed by atoms with van der Waals surface area (Å²) in [4.78, 5) is 14.5. The van der Waals surface area contributed by atoms with Crippen molar-refractivity contribution in [3.8, 4) is 5.75 Å². The van der Waals surface area contributed by atoms with Crippen LogP contribution in [0.5, 0.6) is 5.75 Å². The number of halogens is 2. The summed E-state index contributed by atoms with van der Waals surface area (Å²) >= 11 is 3.37. The van der Waals surface area contributed by atoms with Gasteiger partial charge < -0.3 is 10.1 Å². The molecule has 1 amide bonds. The van der Waals surface area contributed by atoms with Crippen LogP contribution in [0.1, 0.15) is 19.4 Å². The van der Waals surface area contributed by atoms with Gasteiger partial charge in [0.25, 0.3) is 0 Å². The van der Waals surface area contributed by atoms with Crippen molar-refractivity contribution in [1.82, 2.24) is 4.90 Å². The summed E-state index contributed by atoms with van der Waals surface area (Å²) < 4.78 is 19.7. The van der Waals surface area contributed by atoms with E-state index in [1.54, 1.807) is 6.07 Å². The van der Waals surface area contributed by atoms with Crippen LogP contribution in [0.4, 0.5) is 10.1 Å². The first-order valence-electron chi connectivity index (χ1n) is 8.07. The van der Waals surface area contributed by atoms with Gasteiger partial charge in [-0.2, -0.15) is 0 Å². The Balaban J connectivity index is 2.04. The Hall–Kier alpha value is -1.92. The first-order valence-corrected chi connectivity index (χ1v) is 8.86. The number of anilines is 1. The lowest BCUT2D eigenvalue weighted by Crippen LogP contribution is -2.41. The van der Waals surface area contributed by atoms with Crippen molar-refractivity contribution in [2.45, 2.75) is 26.4 Å². The molecule has 0 spiro atoms. The van der Waals surface area contributed by atoms with E-state index in [0.29, 0.717) is 13.1 Å². The normalized spacial score (nSPS) is 12.1. The number of ether oxygens (including phenoxy) is 1. The molecular weight excluding hydrogens is 387 g/mol. The number of rotatable bonds is 7. The van der Waals surface area contributed by atoms with Crippen molar-refractivity contribution in [3.05, 3.63) is 58.3 Å². The fourth-order valence-electron chi connectivity index (χ4n) is 2.51. The minimum atomic E-state index is -0.400. The van der Waals surface area contributed by atoms with Crippen molar-refractivity contribution in [3.63, 3.8) is 0 Å². The summed E-state index contributed by atoms with van der Waals surface area (Å²) in [6.45, 7) is 4.97. The lowest BCUT2D eigenvalue weighted by atomic mass is 10.1. The predicted octanol–water partition coefficient (Wildman–Crippen LogP) is 4.45. The summed E-state index contributed by atoms with van der Waals surface area (Å²) in [6, 6.07) is 11.9. The molecule has 0 aliphatic rings. The zero-order valence-electron chi connectivity index (χ0n) is 14.6. The van der Waals surface area contributed by atoms with Gasteiger partial charge in [-0.25, -0.2) is 4.39 Å². The number of likely N-dealkylation sites (N-methyl/N-ethyl adjacent to an activating group) is 1. The average Bonchev–Trinajstić information content (AvgIpc) is 2.61. The first-order chi connectivity index (χ1) is 11.9. The molecule has 4 nitrogen and oxygen atoms in total. The molecule has 25 heavy (non-hydrogen) atoms. The molecule has 2 aromatic carbocycles. The van der Waals surface area contributed by atoms with Gasteiger partial charge in [-0.1, -0.05) is 28.9 Å². The van der Waals surface area contributed by atoms with Crippen LogP contribution in [0.3, 0.4) is 0 Å². The van der Waals surface area contributed by atoms with E-state index in [4.69, 9.17) is 4.74 Å². The topological polar surface area (TPSA) is 41.6 Å². The third-order valence-corrected chi connectivity index (χ3v) is 4.58. The second-order valence-electron chi connectivity index (χ2n) is 5.70. The fourth-order valence-corrected chi connectivity index (χ4v) is 2.78. The number of methoxy groups -OCH3 is 1. The number of carbonyl (C=O) groups is 1. The van der Waals surface area contributed by atoms with E-state index in [9.17, 15) is 9.18 Å². The van der Waals surface area contributed by atoms with Gasteiger partial charge in [0.1, 0.15) is 0 Å². The number of carbonyl (C=O) groups excluding carboxylic acids is 1. The Morgan fingerprint density at radius 2 is 1.96 bits per heavy atom. The Labute approximate surface area is 156 Å². The van der Waals surface area contributed by atoms with Gasteiger partial charge >= 0.3 is 0 Å².